The maximum absolute atomic E-state index is 4.72. The third-order valence-electron chi connectivity index (χ3n) is 3.45. The van der Waals surface area contributed by atoms with Crippen LogP contribution in [0, 0.1) is 5.92 Å². The van der Waals surface area contributed by atoms with Gasteiger partial charge in [0, 0.05) is 26.7 Å². The Labute approximate surface area is 139 Å². The van der Waals surface area contributed by atoms with E-state index in [1.165, 1.54) is 24.8 Å². The summed E-state index contributed by atoms with van der Waals surface area (Å²) in [5, 5.41) is 3.37. The van der Waals surface area contributed by atoms with Crippen molar-refractivity contribution in [1.82, 2.24) is 10.2 Å². The van der Waals surface area contributed by atoms with Crippen molar-refractivity contribution in [3.05, 3.63) is 35.9 Å². The number of hydrogen-bond donors (Lipinski definition) is 1. The Morgan fingerprint density at radius 3 is 2.60 bits per heavy atom. The van der Waals surface area contributed by atoms with E-state index in [0.29, 0.717) is 0 Å². The first-order valence-electron chi connectivity index (χ1n) is 7.33. The predicted octanol–water partition coefficient (Wildman–Crippen LogP) is 3.50. The van der Waals surface area contributed by atoms with E-state index in [0.717, 1.165) is 31.5 Å². The molecule has 2 rings (SSSR count). The van der Waals surface area contributed by atoms with Gasteiger partial charge in [-0.25, -0.2) is 0 Å². The number of benzene rings is 1. The molecular formula is C16H26IN3. The first-order chi connectivity index (χ1) is 9.29. The molecule has 0 spiro atoms. The van der Waals surface area contributed by atoms with Crippen LogP contribution in [0.1, 0.15) is 31.7 Å². The number of aliphatic imine (C=N–C) groups is 1. The molecule has 1 saturated carbocycles. The summed E-state index contributed by atoms with van der Waals surface area (Å²) in [6, 6.07) is 10.5. The van der Waals surface area contributed by atoms with Crippen LogP contribution in [0.4, 0.5) is 0 Å². The van der Waals surface area contributed by atoms with Crippen LogP contribution in [-0.4, -0.2) is 31.0 Å². The molecule has 3 nitrogen and oxygen atoms in total. The Balaban J connectivity index is 0.00000200. The minimum atomic E-state index is 0. The second-order valence-electron chi connectivity index (χ2n) is 5.31. The van der Waals surface area contributed by atoms with Gasteiger partial charge in [0.05, 0.1) is 0 Å². The molecule has 0 heterocycles. The molecule has 0 aromatic heterocycles. The van der Waals surface area contributed by atoms with Crippen molar-refractivity contribution >= 4 is 29.9 Å². The topological polar surface area (TPSA) is 27.6 Å². The van der Waals surface area contributed by atoms with E-state index in [1.54, 1.807) is 0 Å². The van der Waals surface area contributed by atoms with Gasteiger partial charge in [-0.1, -0.05) is 43.2 Å². The molecule has 1 aromatic rings. The van der Waals surface area contributed by atoms with Crippen LogP contribution in [0.5, 0.6) is 0 Å². The van der Waals surface area contributed by atoms with Gasteiger partial charge in [0.2, 0.25) is 0 Å². The van der Waals surface area contributed by atoms with E-state index in [-0.39, 0.29) is 24.0 Å². The smallest absolute Gasteiger partial charge is 0.193 e. The van der Waals surface area contributed by atoms with Gasteiger partial charge in [0.15, 0.2) is 5.96 Å². The number of nitrogens with one attached hydrogen (secondary N) is 1. The minimum Gasteiger partial charge on any atom is -0.357 e. The van der Waals surface area contributed by atoms with E-state index in [1.807, 2.05) is 0 Å². The number of halogens is 1. The monoisotopic (exact) mass is 387 g/mol. The zero-order chi connectivity index (χ0) is 13.5. The lowest BCUT2D eigenvalue weighted by molar-refractivity contribution is 0.476. The summed E-state index contributed by atoms with van der Waals surface area (Å²) < 4.78 is 0. The summed E-state index contributed by atoms with van der Waals surface area (Å²) in [4.78, 5) is 6.92. The summed E-state index contributed by atoms with van der Waals surface area (Å²) in [5.41, 5.74) is 1.32. The van der Waals surface area contributed by atoms with E-state index in [9.17, 15) is 0 Å². The highest BCUT2D eigenvalue weighted by Gasteiger charge is 2.20. The molecule has 0 bridgehead atoms. The second kappa shape index (κ2) is 9.21. The van der Waals surface area contributed by atoms with Gasteiger partial charge in [-0.2, -0.15) is 0 Å². The van der Waals surface area contributed by atoms with E-state index in [2.05, 4.69) is 54.5 Å². The summed E-state index contributed by atoms with van der Waals surface area (Å²) in [5.74, 6) is 1.97. The van der Waals surface area contributed by atoms with Crippen LogP contribution < -0.4 is 5.32 Å². The molecule has 1 aliphatic carbocycles. The first kappa shape index (κ1) is 17.3. The van der Waals surface area contributed by atoms with Gasteiger partial charge in [-0.05, 0) is 24.8 Å². The number of guanidine groups is 1. The molecule has 0 saturated heterocycles. The van der Waals surface area contributed by atoms with Crippen LogP contribution in [0.15, 0.2) is 35.3 Å². The predicted molar refractivity (Wildman–Crippen MR) is 96.6 cm³/mol. The average Bonchev–Trinajstić information content (AvgIpc) is 3.23. The van der Waals surface area contributed by atoms with Crippen molar-refractivity contribution < 1.29 is 0 Å². The highest BCUT2D eigenvalue weighted by Crippen LogP contribution is 2.32. The maximum atomic E-state index is 4.72. The normalized spacial score (nSPS) is 14.6. The third kappa shape index (κ3) is 6.11. The Hall–Kier alpha value is -0.780. The quantitative estimate of drug-likeness (QED) is 0.460. The van der Waals surface area contributed by atoms with Crippen LogP contribution in [0.2, 0.25) is 0 Å². The SMILES string of the molecule is CCNC(=NCCC1CC1)N(C)Cc1ccccc1.I. The number of rotatable bonds is 6. The molecule has 112 valence electrons. The van der Waals surface area contributed by atoms with E-state index < -0.39 is 0 Å². The standard InChI is InChI=1S/C16H25N3.HI/c1-3-17-16(18-12-11-14-9-10-14)19(2)13-15-7-5-4-6-8-15;/h4-8,14H,3,9-13H2,1-2H3,(H,17,18);1H. The Bertz CT molecular complexity index is 401. The van der Waals surface area contributed by atoms with Crippen LogP contribution in [0.25, 0.3) is 0 Å². The zero-order valence-corrected chi connectivity index (χ0v) is 14.8. The van der Waals surface area contributed by atoms with Gasteiger partial charge in [0.1, 0.15) is 0 Å². The van der Waals surface area contributed by atoms with Crippen LogP contribution >= 0.6 is 24.0 Å². The molecule has 0 atom stereocenters. The van der Waals surface area contributed by atoms with Gasteiger partial charge < -0.3 is 10.2 Å². The van der Waals surface area contributed by atoms with E-state index >= 15 is 0 Å². The molecule has 4 heteroatoms. The zero-order valence-electron chi connectivity index (χ0n) is 12.5. The van der Waals surface area contributed by atoms with Crippen LogP contribution in [0.3, 0.4) is 0 Å². The highest BCUT2D eigenvalue weighted by molar-refractivity contribution is 14.0. The average molecular weight is 387 g/mol. The number of nitrogens with zero attached hydrogens (tertiary/aromatic N) is 2. The molecule has 0 radical (unpaired) electrons. The van der Waals surface area contributed by atoms with Gasteiger partial charge in [-0.15, -0.1) is 24.0 Å². The fraction of sp³-hybridized carbons (Fsp3) is 0.562. The molecule has 1 aliphatic rings. The van der Waals surface area contributed by atoms with E-state index in [4.69, 9.17) is 4.99 Å². The summed E-state index contributed by atoms with van der Waals surface area (Å²) in [7, 11) is 2.10. The fourth-order valence-corrected chi connectivity index (χ4v) is 2.16. The third-order valence-corrected chi connectivity index (χ3v) is 3.45. The van der Waals surface area contributed by atoms with Gasteiger partial charge in [-0.3, -0.25) is 4.99 Å². The van der Waals surface area contributed by atoms with Crippen molar-refractivity contribution in [3.8, 4) is 0 Å². The van der Waals surface area contributed by atoms with Crippen LogP contribution in [-0.2, 0) is 6.54 Å². The van der Waals surface area contributed by atoms with Crippen molar-refractivity contribution in [3.63, 3.8) is 0 Å². The molecule has 1 N–H and O–H groups in total. The Kier molecular flexibility index (Phi) is 7.95. The highest BCUT2D eigenvalue weighted by atomic mass is 127. The minimum absolute atomic E-state index is 0. The van der Waals surface area contributed by atoms with Crippen molar-refractivity contribution in [1.29, 1.82) is 0 Å². The summed E-state index contributed by atoms with van der Waals surface area (Å²) in [6.07, 6.45) is 4.06. The maximum Gasteiger partial charge on any atom is 0.193 e. The molecule has 0 amide bonds. The molecule has 1 fully saturated rings. The lowest BCUT2D eigenvalue weighted by atomic mass is 10.2. The second-order valence-corrected chi connectivity index (χ2v) is 5.31. The van der Waals surface area contributed by atoms with Crippen molar-refractivity contribution in [2.75, 3.05) is 20.1 Å². The summed E-state index contributed by atoms with van der Waals surface area (Å²) >= 11 is 0. The van der Waals surface area contributed by atoms with Gasteiger partial charge in [0.25, 0.3) is 0 Å². The molecule has 0 aliphatic heterocycles. The molecular weight excluding hydrogens is 361 g/mol. The lowest BCUT2D eigenvalue weighted by Crippen LogP contribution is -2.38. The Morgan fingerprint density at radius 2 is 2.00 bits per heavy atom. The largest absolute Gasteiger partial charge is 0.357 e. The number of hydrogen-bond acceptors (Lipinski definition) is 1. The molecule has 20 heavy (non-hydrogen) atoms. The summed E-state index contributed by atoms with van der Waals surface area (Å²) in [6.45, 7) is 4.89. The lowest BCUT2D eigenvalue weighted by Gasteiger charge is -2.22. The Morgan fingerprint density at radius 1 is 1.30 bits per heavy atom. The first-order valence-corrected chi connectivity index (χ1v) is 7.33. The molecule has 1 aromatic carbocycles. The van der Waals surface area contributed by atoms with Crippen molar-refractivity contribution in [2.24, 2.45) is 10.9 Å². The molecule has 0 unspecified atom stereocenters. The van der Waals surface area contributed by atoms with Crippen molar-refractivity contribution in [2.45, 2.75) is 32.7 Å². The fourth-order valence-electron chi connectivity index (χ4n) is 2.16. The van der Waals surface area contributed by atoms with Gasteiger partial charge >= 0.3 is 0 Å².